The second-order valence-electron chi connectivity index (χ2n) is 4.00. The van der Waals surface area contributed by atoms with Gasteiger partial charge >= 0.3 is 5.97 Å². The smallest absolute Gasteiger partial charge is 0.353 e. The third-order valence-electron chi connectivity index (χ3n) is 3.21. The Hall–Kier alpha value is -0.970. The molecule has 2 aliphatic rings. The topological polar surface area (TPSA) is 57.6 Å². The van der Waals surface area contributed by atoms with E-state index >= 15 is 0 Å². The van der Waals surface area contributed by atoms with Crippen LogP contribution in [0.3, 0.4) is 0 Å². The summed E-state index contributed by atoms with van der Waals surface area (Å²) >= 11 is 1.54. The molecule has 0 aromatic heterocycles. The van der Waals surface area contributed by atoms with Gasteiger partial charge in [-0.25, -0.2) is 4.79 Å². The van der Waals surface area contributed by atoms with Crippen molar-refractivity contribution in [3.05, 3.63) is 10.6 Å². The van der Waals surface area contributed by atoms with Crippen molar-refractivity contribution >= 4 is 23.6 Å². The quantitative estimate of drug-likeness (QED) is 0.761. The van der Waals surface area contributed by atoms with Crippen LogP contribution in [0, 0.1) is 5.92 Å². The number of hydrogen-bond donors (Lipinski definition) is 1. The fourth-order valence-electron chi connectivity index (χ4n) is 2.51. The molecule has 0 unspecified atom stereocenters. The number of rotatable bonds is 4. The summed E-state index contributed by atoms with van der Waals surface area (Å²) in [4.78, 5) is 25.3. The molecule has 2 atom stereocenters. The van der Waals surface area contributed by atoms with Gasteiger partial charge in [-0.1, -0.05) is 13.8 Å². The molecule has 1 fully saturated rings. The Labute approximate surface area is 98.7 Å². The van der Waals surface area contributed by atoms with Crippen molar-refractivity contribution in [2.75, 3.05) is 5.75 Å². The van der Waals surface area contributed by atoms with E-state index in [0.717, 1.165) is 23.5 Å². The lowest BCUT2D eigenvalue weighted by molar-refractivity contribution is -0.155. The minimum absolute atomic E-state index is 0.0170. The SMILES string of the molecule is CCSC1=C(C(=O)O)N2C(=O)[C@H](CC)[C@H]2C1. The molecule has 2 aliphatic heterocycles. The molecule has 2 rings (SSSR count). The van der Waals surface area contributed by atoms with Gasteiger partial charge in [0.25, 0.3) is 0 Å². The first-order valence-corrected chi connectivity index (χ1v) is 6.52. The van der Waals surface area contributed by atoms with Crippen LogP contribution in [0.1, 0.15) is 26.7 Å². The Morgan fingerprint density at radius 3 is 2.75 bits per heavy atom. The maximum Gasteiger partial charge on any atom is 0.353 e. The molecule has 0 spiro atoms. The summed E-state index contributed by atoms with van der Waals surface area (Å²) in [5.41, 5.74) is 0.228. The number of carbonyl (C=O) groups is 2. The molecule has 5 heteroatoms. The molecule has 1 amide bonds. The van der Waals surface area contributed by atoms with Crippen LogP contribution in [0.15, 0.2) is 10.6 Å². The van der Waals surface area contributed by atoms with Crippen LogP contribution >= 0.6 is 11.8 Å². The number of carboxylic acid groups (broad SMARTS) is 1. The molecule has 1 saturated heterocycles. The van der Waals surface area contributed by atoms with Gasteiger partial charge in [-0.05, 0) is 12.2 Å². The number of thioether (sulfide) groups is 1. The predicted molar refractivity (Wildman–Crippen MR) is 61.8 cm³/mol. The summed E-state index contributed by atoms with van der Waals surface area (Å²) in [7, 11) is 0. The number of amides is 1. The summed E-state index contributed by atoms with van der Waals surface area (Å²) in [5, 5.41) is 9.14. The minimum Gasteiger partial charge on any atom is -0.477 e. The fraction of sp³-hybridized carbons (Fsp3) is 0.636. The van der Waals surface area contributed by atoms with Gasteiger partial charge in [0.05, 0.1) is 12.0 Å². The van der Waals surface area contributed by atoms with Gasteiger partial charge in [0.1, 0.15) is 5.70 Å². The molecular formula is C11H15NO3S. The van der Waals surface area contributed by atoms with Crippen molar-refractivity contribution in [1.82, 2.24) is 4.90 Å². The lowest BCUT2D eigenvalue weighted by atomic mass is 9.85. The Bertz CT molecular complexity index is 377. The second kappa shape index (κ2) is 4.13. The normalized spacial score (nSPS) is 28.1. The number of fused-ring (bicyclic) bond motifs is 1. The van der Waals surface area contributed by atoms with Crippen molar-refractivity contribution in [2.24, 2.45) is 5.92 Å². The molecule has 0 radical (unpaired) electrons. The van der Waals surface area contributed by atoms with Crippen LogP contribution in [0.2, 0.25) is 0 Å². The van der Waals surface area contributed by atoms with Gasteiger partial charge in [-0.15, -0.1) is 11.8 Å². The van der Waals surface area contributed by atoms with E-state index in [9.17, 15) is 9.59 Å². The number of hydrogen-bond acceptors (Lipinski definition) is 3. The van der Waals surface area contributed by atoms with Crippen LogP contribution in [0.4, 0.5) is 0 Å². The van der Waals surface area contributed by atoms with Crippen LogP contribution in [-0.2, 0) is 9.59 Å². The maximum atomic E-state index is 11.8. The highest BCUT2D eigenvalue weighted by molar-refractivity contribution is 8.03. The highest BCUT2D eigenvalue weighted by Gasteiger charge is 2.53. The standard InChI is InChI=1S/C11H15NO3S/c1-3-6-7-5-8(16-4-2)9(11(14)15)12(7)10(6)13/h6-7H,3-5H2,1-2H3,(H,14,15)/t6-,7-/m1/s1. The molecule has 0 bridgehead atoms. The fourth-order valence-corrected chi connectivity index (χ4v) is 3.46. The van der Waals surface area contributed by atoms with Crippen molar-refractivity contribution in [2.45, 2.75) is 32.7 Å². The summed E-state index contributed by atoms with van der Waals surface area (Å²) in [5.74, 6) is -0.111. The Kier molecular flexibility index (Phi) is 2.97. The number of β-lactam (4-membered cyclic amide) rings is 1. The molecule has 2 heterocycles. The number of carbonyl (C=O) groups excluding carboxylic acids is 1. The number of nitrogens with zero attached hydrogens (tertiary/aromatic N) is 1. The van der Waals surface area contributed by atoms with Gasteiger partial charge < -0.3 is 10.0 Å². The first-order valence-electron chi connectivity index (χ1n) is 5.54. The zero-order chi connectivity index (χ0) is 11.9. The van der Waals surface area contributed by atoms with Crippen molar-refractivity contribution in [3.8, 4) is 0 Å². The largest absolute Gasteiger partial charge is 0.477 e. The third kappa shape index (κ3) is 1.45. The van der Waals surface area contributed by atoms with Crippen molar-refractivity contribution < 1.29 is 14.7 Å². The molecule has 0 aliphatic carbocycles. The molecule has 1 N–H and O–H groups in total. The monoisotopic (exact) mass is 241 g/mol. The van der Waals surface area contributed by atoms with Crippen LogP contribution < -0.4 is 0 Å². The Morgan fingerprint density at radius 2 is 2.25 bits per heavy atom. The number of carboxylic acids is 1. The second-order valence-corrected chi connectivity index (χ2v) is 5.36. The molecule has 88 valence electrons. The lowest BCUT2D eigenvalue weighted by Gasteiger charge is -2.42. The van der Waals surface area contributed by atoms with Gasteiger partial charge in [-0.2, -0.15) is 0 Å². The Morgan fingerprint density at radius 1 is 1.56 bits per heavy atom. The summed E-state index contributed by atoms with van der Waals surface area (Å²) in [6.07, 6.45) is 1.53. The first kappa shape index (κ1) is 11.5. The predicted octanol–water partition coefficient (Wildman–Crippen LogP) is 1.68. The van der Waals surface area contributed by atoms with E-state index in [2.05, 4.69) is 0 Å². The summed E-state index contributed by atoms with van der Waals surface area (Å²) < 4.78 is 0. The zero-order valence-corrected chi connectivity index (χ0v) is 10.2. The highest BCUT2D eigenvalue weighted by Crippen LogP contribution is 2.46. The highest BCUT2D eigenvalue weighted by atomic mass is 32.2. The van der Waals surface area contributed by atoms with E-state index in [0.29, 0.717) is 0 Å². The first-order chi connectivity index (χ1) is 7.61. The third-order valence-corrected chi connectivity index (χ3v) is 4.21. The van der Waals surface area contributed by atoms with Crippen molar-refractivity contribution in [3.63, 3.8) is 0 Å². The van der Waals surface area contributed by atoms with Crippen LogP contribution in [0.5, 0.6) is 0 Å². The average molecular weight is 241 g/mol. The van der Waals surface area contributed by atoms with Crippen LogP contribution in [0.25, 0.3) is 0 Å². The maximum absolute atomic E-state index is 11.8. The summed E-state index contributed by atoms with van der Waals surface area (Å²) in [6.45, 7) is 3.97. The van der Waals surface area contributed by atoms with E-state index in [-0.39, 0.29) is 23.6 Å². The van der Waals surface area contributed by atoms with E-state index in [1.54, 1.807) is 11.8 Å². The van der Waals surface area contributed by atoms with E-state index in [4.69, 9.17) is 5.11 Å². The van der Waals surface area contributed by atoms with E-state index < -0.39 is 5.97 Å². The Balaban J connectivity index is 2.26. The lowest BCUT2D eigenvalue weighted by Crippen LogP contribution is -2.58. The van der Waals surface area contributed by atoms with Gasteiger partial charge in [-0.3, -0.25) is 4.79 Å². The molecule has 0 saturated carbocycles. The summed E-state index contributed by atoms with van der Waals surface area (Å²) in [6, 6.07) is 0.109. The van der Waals surface area contributed by atoms with Gasteiger partial charge in [0.2, 0.25) is 5.91 Å². The van der Waals surface area contributed by atoms with E-state index in [1.807, 2.05) is 13.8 Å². The molecule has 16 heavy (non-hydrogen) atoms. The van der Waals surface area contributed by atoms with Crippen LogP contribution in [-0.4, -0.2) is 33.7 Å². The van der Waals surface area contributed by atoms with Gasteiger partial charge in [0, 0.05) is 11.3 Å². The molecular weight excluding hydrogens is 226 g/mol. The average Bonchev–Trinajstić information content (AvgIpc) is 2.55. The molecule has 0 aromatic rings. The van der Waals surface area contributed by atoms with Crippen molar-refractivity contribution in [1.29, 1.82) is 0 Å². The molecule has 4 nitrogen and oxygen atoms in total. The zero-order valence-electron chi connectivity index (χ0n) is 9.40. The number of aliphatic carboxylic acids is 1. The molecule has 0 aromatic carbocycles. The minimum atomic E-state index is -0.971. The van der Waals surface area contributed by atoms with Gasteiger partial charge in [0.15, 0.2) is 0 Å². The van der Waals surface area contributed by atoms with E-state index in [1.165, 1.54) is 4.90 Å².